The number of fused-ring (bicyclic) bond motifs is 1. The molecule has 0 saturated carbocycles. The zero-order valence-corrected chi connectivity index (χ0v) is 13.1. The summed E-state index contributed by atoms with van der Waals surface area (Å²) in [5, 5.41) is 13.4. The molecule has 2 aromatic rings. The van der Waals surface area contributed by atoms with E-state index in [0.717, 1.165) is 11.0 Å². The number of carbonyl (C=O) groups is 1. The quantitative estimate of drug-likeness (QED) is 0.802. The molecule has 0 fully saturated rings. The molecule has 0 aliphatic heterocycles. The van der Waals surface area contributed by atoms with Crippen LogP contribution in [0.1, 0.15) is 18.7 Å². The van der Waals surface area contributed by atoms with Gasteiger partial charge in [-0.2, -0.15) is 0 Å². The Kier molecular flexibility index (Phi) is 5.46. The fraction of sp³-hybridized carbons (Fsp3) is 0.312. The number of rotatable bonds is 6. The summed E-state index contributed by atoms with van der Waals surface area (Å²) in [4.78, 5) is 13.6. The third kappa shape index (κ3) is 3.81. The molecule has 1 aromatic carbocycles. The van der Waals surface area contributed by atoms with E-state index in [4.69, 9.17) is 21.1 Å². The molecule has 2 N–H and O–H groups in total. The van der Waals surface area contributed by atoms with Crippen LogP contribution in [0, 0.1) is 0 Å². The standard InChI is InChI=1S/C16H19ClN2O3/c1-3-6-19(7-8-20)16(21)18-11(2)15-10-12-9-13(17)4-5-14(12)22-15/h3-5,9-11,20H,1,6-8H2,2H3,(H,18,21). The molecule has 2 rings (SSSR count). The number of aliphatic hydroxyl groups excluding tert-OH is 1. The minimum Gasteiger partial charge on any atom is -0.459 e. The van der Waals surface area contributed by atoms with Crippen molar-refractivity contribution < 1.29 is 14.3 Å². The summed E-state index contributed by atoms with van der Waals surface area (Å²) in [7, 11) is 0. The third-order valence-electron chi connectivity index (χ3n) is 3.27. The van der Waals surface area contributed by atoms with Gasteiger partial charge in [-0.1, -0.05) is 17.7 Å². The second kappa shape index (κ2) is 7.33. The number of nitrogens with zero attached hydrogens (tertiary/aromatic N) is 1. The van der Waals surface area contributed by atoms with Crippen LogP contribution in [0.4, 0.5) is 4.79 Å². The van der Waals surface area contributed by atoms with E-state index < -0.39 is 0 Å². The van der Waals surface area contributed by atoms with E-state index >= 15 is 0 Å². The van der Waals surface area contributed by atoms with Crippen molar-refractivity contribution in [2.24, 2.45) is 0 Å². The van der Waals surface area contributed by atoms with Crippen molar-refractivity contribution in [3.8, 4) is 0 Å². The molecule has 1 heterocycles. The summed E-state index contributed by atoms with van der Waals surface area (Å²) in [6.07, 6.45) is 1.61. The van der Waals surface area contributed by atoms with E-state index in [-0.39, 0.29) is 25.2 Å². The lowest BCUT2D eigenvalue weighted by molar-refractivity contribution is 0.180. The number of carbonyl (C=O) groups excluding carboxylic acids is 1. The summed E-state index contributed by atoms with van der Waals surface area (Å²) < 4.78 is 5.72. The van der Waals surface area contributed by atoms with E-state index in [2.05, 4.69) is 11.9 Å². The van der Waals surface area contributed by atoms with E-state index in [1.165, 1.54) is 4.90 Å². The molecule has 1 atom stereocenters. The normalized spacial score (nSPS) is 12.1. The predicted molar refractivity (Wildman–Crippen MR) is 87.0 cm³/mol. The summed E-state index contributed by atoms with van der Waals surface area (Å²) >= 11 is 5.95. The lowest BCUT2D eigenvalue weighted by Gasteiger charge is -2.22. The van der Waals surface area contributed by atoms with Gasteiger partial charge in [0, 0.05) is 23.5 Å². The first-order chi connectivity index (χ1) is 10.5. The molecule has 118 valence electrons. The van der Waals surface area contributed by atoms with Gasteiger partial charge in [0.1, 0.15) is 11.3 Å². The second-order valence-corrected chi connectivity index (χ2v) is 5.40. The molecule has 0 aliphatic rings. The van der Waals surface area contributed by atoms with E-state index in [1.807, 2.05) is 19.1 Å². The highest BCUT2D eigenvalue weighted by atomic mass is 35.5. The van der Waals surface area contributed by atoms with Gasteiger partial charge < -0.3 is 19.7 Å². The minimum atomic E-state index is -0.301. The number of hydrogen-bond acceptors (Lipinski definition) is 3. The smallest absolute Gasteiger partial charge is 0.318 e. The number of furan rings is 1. The highest BCUT2D eigenvalue weighted by molar-refractivity contribution is 6.31. The van der Waals surface area contributed by atoms with Crippen LogP contribution in [0.25, 0.3) is 11.0 Å². The first-order valence-electron chi connectivity index (χ1n) is 7.01. The zero-order chi connectivity index (χ0) is 16.1. The van der Waals surface area contributed by atoms with Crippen LogP contribution >= 0.6 is 11.6 Å². The van der Waals surface area contributed by atoms with Crippen LogP contribution in [-0.2, 0) is 0 Å². The van der Waals surface area contributed by atoms with Gasteiger partial charge >= 0.3 is 6.03 Å². The van der Waals surface area contributed by atoms with Crippen molar-refractivity contribution in [3.05, 3.63) is 47.7 Å². The fourth-order valence-corrected chi connectivity index (χ4v) is 2.33. The number of halogens is 1. The average Bonchev–Trinajstić information content (AvgIpc) is 2.90. The Morgan fingerprint density at radius 3 is 3.00 bits per heavy atom. The van der Waals surface area contributed by atoms with Crippen LogP contribution in [0.3, 0.4) is 0 Å². The largest absolute Gasteiger partial charge is 0.459 e. The molecule has 1 aromatic heterocycles. The zero-order valence-electron chi connectivity index (χ0n) is 12.4. The Morgan fingerprint density at radius 2 is 2.32 bits per heavy atom. The fourth-order valence-electron chi connectivity index (χ4n) is 2.15. The number of nitrogens with one attached hydrogen (secondary N) is 1. The van der Waals surface area contributed by atoms with Crippen LogP contribution in [0.5, 0.6) is 0 Å². The van der Waals surface area contributed by atoms with Crippen molar-refractivity contribution in [1.82, 2.24) is 10.2 Å². The number of benzene rings is 1. The molecule has 2 amide bonds. The molecule has 5 nitrogen and oxygen atoms in total. The molecule has 0 saturated heterocycles. The summed E-state index contributed by atoms with van der Waals surface area (Å²) in [5.41, 5.74) is 0.721. The van der Waals surface area contributed by atoms with Gasteiger partial charge in [-0.3, -0.25) is 0 Å². The maximum Gasteiger partial charge on any atom is 0.318 e. The number of hydrogen-bond donors (Lipinski definition) is 2. The van der Waals surface area contributed by atoms with Gasteiger partial charge in [0.25, 0.3) is 0 Å². The van der Waals surface area contributed by atoms with Crippen LogP contribution in [0.15, 0.2) is 41.3 Å². The molecular formula is C16H19ClN2O3. The summed E-state index contributed by atoms with van der Waals surface area (Å²) in [6.45, 7) is 5.96. The molecule has 22 heavy (non-hydrogen) atoms. The second-order valence-electron chi connectivity index (χ2n) is 4.96. The van der Waals surface area contributed by atoms with Gasteiger partial charge in [0.05, 0.1) is 12.6 Å². The van der Waals surface area contributed by atoms with Gasteiger partial charge in [0.15, 0.2) is 0 Å². The minimum absolute atomic E-state index is 0.0984. The van der Waals surface area contributed by atoms with E-state index in [1.54, 1.807) is 18.2 Å². The predicted octanol–water partition coefficient (Wildman–Crippen LogP) is 3.34. The first kappa shape index (κ1) is 16.4. The van der Waals surface area contributed by atoms with Crippen LogP contribution in [0.2, 0.25) is 5.02 Å². The molecule has 1 unspecified atom stereocenters. The molecule has 0 radical (unpaired) electrons. The van der Waals surface area contributed by atoms with Crippen LogP contribution in [-0.4, -0.2) is 35.7 Å². The molecule has 6 heteroatoms. The maximum atomic E-state index is 12.2. The van der Waals surface area contributed by atoms with E-state index in [9.17, 15) is 4.79 Å². The first-order valence-corrected chi connectivity index (χ1v) is 7.39. The van der Waals surface area contributed by atoms with Crippen molar-refractivity contribution in [2.75, 3.05) is 19.7 Å². The Balaban J connectivity index is 2.10. The third-order valence-corrected chi connectivity index (χ3v) is 3.51. The Labute approximate surface area is 134 Å². The SMILES string of the molecule is C=CCN(CCO)C(=O)NC(C)c1cc2cc(Cl)ccc2o1. The summed E-state index contributed by atoms with van der Waals surface area (Å²) in [6, 6.07) is 6.65. The molecule has 0 aliphatic carbocycles. The number of aliphatic hydroxyl groups is 1. The highest BCUT2D eigenvalue weighted by Gasteiger charge is 2.18. The van der Waals surface area contributed by atoms with Gasteiger partial charge in [-0.05, 0) is 31.2 Å². The van der Waals surface area contributed by atoms with Crippen LogP contribution < -0.4 is 5.32 Å². The maximum absolute atomic E-state index is 12.2. The lowest BCUT2D eigenvalue weighted by atomic mass is 10.2. The monoisotopic (exact) mass is 322 g/mol. The Bertz CT molecular complexity index is 668. The van der Waals surface area contributed by atoms with Gasteiger partial charge in [-0.15, -0.1) is 6.58 Å². The molecule has 0 bridgehead atoms. The molecular weight excluding hydrogens is 304 g/mol. The van der Waals surface area contributed by atoms with Gasteiger partial charge in [0.2, 0.25) is 0 Å². The van der Waals surface area contributed by atoms with Gasteiger partial charge in [-0.25, -0.2) is 4.79 Å². The highest BCUT2D eigenvalue weighted by Crippen LogP contribution is 2.26. The topological polar surface area (TPSA) is 65.7 Å². The number of urea groups is 1. The Morgan fingerprint density at radius 1 is 1.55 bits per heavy atom. The van der Waals surface area contributed by atoms with Crippen molar-refractivity contribution in [1.29, 1.82) is 0 Å². The lowest BCUT2D eigenvalue weighted by Crippen LogP contribution is -2.42. The molecule has 0 spiro atoms. The van der Waals surface area contributed by atoms with Crippen molar-refractivity contribution in [3.63, 3.8) is 0 Å². The van der Waals surface area contributed by atoms with Crippen molar-refractivity contribution in [2.45, 2.75) is 13.0 Å². The summed E-state index contributed by atoms with van der Waals surface area (Å²) in [5.74, 6) is 0.646. The number of amides is 2. The Hall–Kier alpha value is -1.98. The van der Waals surface area contributed by atoms with Crippen molar-refractivity contribution >= 4 is 28.6 Å². The van der Waals surface area contributed by atoms with E-state index in [0.29, 0.717) is 17.3 Å². The average molecular weight is 323 g/mol.